The van der Waals surface area contributed by atoms with Gasteiger partial charge in [-0.05, 0) is 29.9 Å². The molecule has 2 heteroatoms. The van der Waals surface area contributed by atoms with Gasteiger partial charge in [0.25, 0.3) is 0 Å². The van der Waals surface area contributed by atoms with Crippen molar-refractivity contribution in [2.45, 2.75) is 19.3 Å². The molecule has 0 saturated carbocycles. The summed E-state index contributed by atoms with van der Waals surface area (Å²) in [5.41, 5.74) is 3.67. The standard InChI is InChI=1S/C16H15NS/c1-2-5-13(6-3-1)16-11-9-14(17-16)8-10-15-7-4-12-18-15/h1-7,11-12H,8-10H2. The minimum absolute atomic E-state index is 1.01. The maximum atomic E-state index is 4.74. The number of aliphatic imine (C=N–C) groups is 1. The van der Waals surface area contributed by atoms with Gasteiger partial charge in [0.05, 0.1) is 5.70 Å². The van der Waals surface area contributed by atoms with Gasteiger partial charge in [-0.25, -0.2) is 0 Å². The summed E-state index contributed by atoms with van der Waals surface area (Å²) in [6, 6.07) is 14.7. The summed E-state index contributed by atoms with van der Waals surface area (Å²) in [7, 11) is 0. The van der Waals surface area contributed by atoms with E-state index in [1.807, 2.05) is 17.4 Å². The fourth-order valence-electron chi connectivity index (χ4n) is 2.15. The average molecular weight is 253 g/mol. The quantitative estimate of drug-likeness (QED) is 0.757. The van der Waals surface area contributed by atoms with Gasteiger partial charge in [0.15, 0.2) is 0 Å². The topological polar surface area (TPSA) is 12.4 Å². The van der Waals surface area contributed by atoms with E-state index in [4.69, 9.17) is 4.99 Å². The molecular formula is C16H15NS. The van der Waals surface area contributed by atoms with Crippen molar-refractivity contribution >= 4 is 22.7 Å². The number of allylic oxidation sites excluding steroid dienone is 1. The molecule has 0 saturated heterocycles. The molecule has 0 bridgehead atoms. The van der Waals surface area contributed by atoms with Crippen LogP contribution in [0.3, 0.4) is 0 Å². The highest BCUT2D eigenvalue weighted by atomic mass is 32.1. The molecule has 0 spiro atoms. The molecule has 0 N–H and O–H groups in total. The van der Waals surface area contributed by atoms with Crippen molar-refractivity contribution in [1.29, 1.82) is 0 Å². The van der Waals surface area contributed by atoms with E-state index in [2.05, 4.69) is 47.9 Å². The molecule has 90 valence electrons. The Morgan fingerprint density at radius 3 is 2.67 bits per heavy atom. The SMILES string of the molecule is C1=C(c2ccccc2)N=C(CCc2cccs2)C1. The molecule has 0 aliphatic carbocycles. The lowest BCUT2D eigenvalue weighted by Gasteiger charge is -1.99. The van der Waals surface area contributed by atoms with Crippen molar-refractivity contribution < 1.29 is 0 Å². The smallest absolute Gasteiger partial charge is 0.0665 e. The second-order valence-electron chi connectivity index (χ2n) is 4.42. The lowest BCUT2D eigenvalue weighted by atomic mass is 10.1. The lowest BCUT2D eigenvalue weighted by molar-refractivity contribution is 1.05. The number of hydrogen-bond acceptors (Lipinski definition) is 2. The van der Waals surface area contributed by atoms with Crippen LogP contribution < -0.4 is 0 Å². The summed E-state index contributed by atoms with van der Waals surface area (Å²) in [5.74, 6) is 0. The van der Waals surface area contributed by atoms with Crippen LogP contribution in [0.5, 0.6) is 0 Å². The molecule has 1 aliphatic rings. The van der Waals surface area contributed by atoms with Crippen LogP contribution in [0.2, 0.25) is 0 Å². The van der Waals surface area contributed by atoms with Gasteiger partial charge in [0.1, 0.15) is 0 Å². The molecule has 2 heterocycles. The zero-order valence-corrected chi connectivity index (χ0v) is 11.0. The Hall–Kier alpha value is -1.67. The zero-order chi connectivity index (χ0) is 12.2. The summed E-state index contributed by atoms with van der Waals surface area (Å²) in [6.07, 6.45) is 5.44. The van der Waals surface area contributed by atoms with Gasteiger partial charge in [0.2, 0.25) is 0 Å². The minimum Gasteiger partial charge on any atom is -0.257 e. The van der Waals surface area contributed by atoms with E-state index >= 15 is 0 Å². The van der Waals surface area contributed by atoms with Gasteiger partial charge in [0, 0.05) is 17.0 Å². The monoisotopic (exact) mass is 253 g/mol. The first-order chi connectivity index (χ1) is 8.92. The lowest BCUT2D eigenvalue weighted by Crippen LogP contribution is -1.95. The van der Waals surface area contributed by atoms with Gasteiger partial charge in [-0.1, -0.05) is 42.5 Å². The van der Waals surface area contributed by atoms with Crippen LogP contribution in [-0.4, -0.2) is 5.71 Å². The first-order valence-electron chi connectivity index (χ1n) is 6.26. The first-order valence-corrected chi connectivity index (χ1v) is 7.14. The largest absolute Gasteiger partial charge is 0.257 e. The highest BCUT2D eigenvalue weighted by molar-refractivity contribution is 7.09. The Morgan fingerprint density at radius 2 is 1.89 bits per heavy atom. The number of benzene rings is 1. The summed E-state index contributed by atoms with van der Waals surface area (Å²) in [5, 5.41) is 2.14. The van der Waals surface area contributed by atoms with Crippen molar-refractivity contribution in [3.8, 4) is 0 Å². The minimum atomic E-state index is 1.01. The van der Waals surface area contributed by atoms with Crippen LogP contribution in [0.1, 0.15) is 23.3 Å². The third-order valence-electron chi connectivity index (χ3n) is 3.12. The summed E-state index contributed by atoms with van der Waals surface area (Å²) in [6.45, 7) is 0. The second kappa shape index (κ2) is 5.32. The molecule has 0 amide bonds. The van der Waals surface area contributed by atoms with Gasteiger partial charge in [-0.15, -0.1) is 11.3 Å². The van der Waals surface area contributed by atoms with E-state index in [1.165, 1.54) is 16.2 Å². The van der Waals surface area contributed by atoms with Crippen LogP contribution in [0.15, 0.2) is 58.9 Å². The van der Waals surface area contributed by atoms with Crippen molar-refractivity contribution in [1.82, 2.24) is 0 Å². The van der Waals surface area contributed by atoms with E-state index < -0.39 is 0 Å². The number of thiophene rings is 1. The van der Waals surface area contributed by atoms with Crippen LogP contribution in [-0.2, 0) is 6.42 Å². The average Bonchev–Trinajstić information content (AvgIpc) is 3.09. The molecule has 0 radical (unpaired) electrons. The predicted octanol–water partition coefficient (Wildman–Crippen LogP) is 4.57. The van der Waals surface area contributed by atoms with Crippen molar-refractivity contribution in [3.05, 3.63) is 64.4 Å². The van der Waals surface area contributed by atoms with Crippen molar-refractivity contribution in [2.75, 3.05) is 0 Å². The zero-order valence-electron chi connectivity index (χ0n) is 10.2. The van der Waals surface area contributed by atoms with Crippen LogP contribution in [0.4, 0.5) is 0 Å². The summed E-state index contributed by atoms with van der Waals surface area (Å²) in [4.78, 5) is 6.19. The molecule has 0 unspecified atom stereocenters. The summed E-state index contributed by atoms with van der Waals surface area (Å²) < 4.78 is 0. The van der Waals surface area contributed by atoms with Gasteiger partial charge in [-0.2, -0.15) is 0 Å². The molecule has 1 aliphatic heterocycles. The highest BCUT2D eigenvalue weighted by Crippen LogP contribution is 2.24. The molecular weight excluding hydrogens is 238 g/mol. The van der Waals surface area contributed by atoms with E-state index in [1.54, 1.807) is 0 Å². The van der Waals surface area contributed by atoms with Crippen LogP contribution >= 0.6 is 11.3 Å². The van der Waals surface area contributed by atoms with Gasteiger partial charge >= 0.3 is 0 Å². The van der Waals surface area contributed by atoms with Crippen molar-refractivity contribution in [2.24, 2.45) is 4.99 Å². The van der Waals surface area contributed by atoms with Crippen LogP contribution in [0, 0.1) is 0 Å². The first kappa shape index (κ1) is 11.4. The van der Waals surface area contributed by atoms with Crippen LogP contribution in [0.25, 0.3) is 5.70 Å². The van der Waals surface area contributed by atoms with Gasteiger partial charge in [-0.3, -0.25) is 4.99 Å². The fraction of sp³-hybridized carbons (Fsp3) is 0.188. The molecule has 1 aromatic heterocycles. The number of hydrogen-bond donors (Lipinski definition) is 0. The highest BCUT2D eigenvalue weighted by Gasteiger charge is 2.10. The fourth-order valence-corrected chi connectivity index (χ4v) is 2.86. The van der Waals surface area contributed by atoms with E-state index in [0.717, 1.165) is 25.0 Å². The molecule has 18 heavy (non-hydrogen) atoms. The Labute approximate surface area is 112 Å². The maximum absolute atomic E-state index is 4.74. The van der Waals surface area contributed by atoms with E-state index in [-0.39, 0.29) is 0 Å². The Balaban J connectivity index is 1.64. The second-order valence-corrected chi connectivity index (χ2v) is 5.45. The maximum Gasteiger partial charge on any atom is 0.0665 e. The Bertz CT molecular complexity index is 564. The summed E-state index contributed by atoms with van der Waals surface area (Å²) >= 11 is 1.83. The Morgan fingerprint density at radius 1 is 1.00 bits per heavy atom. The molecule has 0 atom stereocenters. The predicted molar refractivity (Wildman–Crippen MR) is 79.1 cm³/mol. The molecule has 1 nitrogen and oxygen atoms in total. The Kier molecular flexibility index (Phi) is 3.37. The third-order valence-corrected chi connectivity index (χ3v) is 4.06. The molecule has 2 aromatic rings. The number of rotatable bonds is 4. The molecule has 1 aromatic carbocycles. The third kappa shape index (κ3) is 2.59. The number of aryl methyl sites for hydroxylation is 1. The number of nitrogens with zero attached hydrogens (tertiary/aromatic N) is 1. The van der Waals surface area contributed by atoms with Crippen molar-refractivity contribution in [3.63, 3.8) is 0 Å². The molecule has 3 rings (SSSR count). The van der Waals surface area contributed by atoms with Gasteiger partial charge < -0.3 is 0 Å². The van der Waals surface area contributed by atoms with E-state index in [0.29, 0.717) is 0 Å². The van der Waals surface area contributed by atoms with E-state index in [9.17, 15) is 0 Å². The normalized spacial score (nSPS) is 14.4. The molecule has 0 fully saturated rings.